The highest BCUT2D eigenvalue weighted by Crippen LogP contribution is 2.24. The van der Waals surface area contributed by atoms with Gasteiger partial charge in [-0.25, -0.2) is 9.59 Å². The molecule has 1 heterocycles. The summed E-state index contributed by atoms with van der Waals surface area (Å²) in [4.78, 5) is 26.9. The maximum absolute atomic E-state index is 11.5. The van der Waals surface area contributed by atoms with Crippen LogP contribution in [0.1, 0.15) is 41.6 Å². The van der Waals surface area contributed by atoms with Gasteiger partial charge >= 0.3 is 12.1 Å². The fourth-order valence-electron chi connectivity index (χ4n) is 1.68. The van der Waals surface area contributed by atoms with Crippen LogP contribution in [0.15, 0.2) is 6.07 Å². The number of amides is 1. The molecule has 1 aromatic heterocycles. The highest BCUT2D eigenvalue weighted by atomic mass is 16.5. The molecule has 0 aromatic carbocycles. The molecule has 0 aliphatic carbocycles. The minimum absolute atomic E-state index is 0.0452. The molecule has 3 N–H and O–H groups in total. The average Bonchev–Trinajstić information content (AvgIpc) is 2.39. The summed E-state index contributed by atoms with van der Waals surface area (Å²) in [6.07, 6.45) is -0.640. The number of aryl methyl sites for hydroxylation is 1. The Morgan fingerprint density at radius 3 is 2.65 bits per heavy atom. The van der Waals surface area contributed by atoms with Crippen LogP contribution >= 0.6 is 0 Å². The third-order valence-electron chi connectivity index (χ3n) is 2.83. The van der Waals surface area contributed by atoms with Crippen molar-refractivity contribution in [2.75, 3.05) is 19.0 Å². The van der Waals surface area contributed by atoms with E-state index in [-0.39, 0.29) is 18.2 Å². The van der Waals surface area contributed by atoms with E-state index in [0.717, 1.165) is 0 Å². The van der Waals surface area contributed by atoms with Crippen LogP contribution in [-0.4, -0.2) is 35.8 Å². The molecule has 0 aliphatic heterocycles. The summed E-state index contributed by atoms with van der Waals surface area (Å²) in [5.41, 5.74) is 1.32. The molecule has 110 valence electrons. The van der Waals surface area contributed by atoms with Crippen molar-refractivity contribution in [1.29, 1.82) is 0 Å². The summed E-state index contributed by atoms with van der Waals surface area (Å²) >= 11 is 0. The van der Waals surface area contributed by atoms with Gasteiger partial charge in [-0.2, -0.15) is 0 Å². The second-order valence-corrected chi connectivity index (χ2v) is 4.22. The first-order valence-electron chi connectivity index (χ1n) is 6.26. The first kappa shape index (κ1) is 15.9. The third-order valence-corrected chi connectivity index (χ3v) is 2.83. The minimum atomic E-state index is -1.09. The van der Waals surface area contributed by atoms with E-state index in [0.29, 0.717) is 17.1 Å². The Balaban J connectivity index is 3.25. The highest BCUT2D eigenvalue weighted by Gasteiger charge is 2.19. The van der Waals surface area contributed by atoms with Crippen molar-refractivity contribution in [3.8, 4) is 0 Å². The zero-order valence-corrected chi connectivity index (χ0v) is 12.0. The molecular weight excluding hydrogens is 262 g/mol. The standard InChI is InChI=1S/C13H19N3O4/c1-5-20-13(19)16-10-6-9(12(17)18)7(2)15-11(10)8(3)14-4/h6,8,14H,5H2,1-4H3,(H,16,19)(H,17,18). The average molecular weight is 281 g/mol. The fourth-order valence-corrected chi connectivity index (χ4v) is 1.68. The number of carbonyl (C=O) groups is 2. The minimum Gasteiger partial charge on any atom is -0.478 e. The summed E-state index contributed by atoms with van der Waals surface area (Å²) in [5.74, 6) is -1.09. The van der Waals surface area contributed by atoms with Crippen molar-refractivity contribution in [2.45, 2.75) is 26.8 Å². The lowest BCUT2D eigenvalue weighted by Gasteiger charge is -2.17. The van der Waals surface area contributed by atoms with Crippen LogP contribution in [0, 0.1) is 6.92 Å². The molecule has 1 unspecified atom stereocenters. The predicted octanol–water partition coefficient (Wildman–Crippen LogP) is 1.94. The number of ether oxygens (including phenoxy) is 1. The fraction of sp³-hybridized carbons (Fsp3) is 0.462. The van der Waals surface area contributed by atoms with Gasteiger partial charge in [0.05, 0.1) is 29.2 Å². The number of carbonyl (C=O) groups excluding carboxylic acids is 1. The van der Waals surface area contributed by atoms with Crippen molar-refractivity contribution >= 4 is 17.7 Å². The maximum Gasteiger partial charge on any atom is 0.411 e. The van der Waals surface area contributed by atoms with Crippen LogP contribution in [0.2, 0.25) is 0 Å². The molecule has 7 nitrogen and oxygen atoms in total. The van der Waals surface area contributed by atoms with E-state index in [4.69, 9.17) is 9.84 Å². The number of nitrogens with zero attached hydrogens (tertiary/aromatic N) is 1. The van der Waals surface area contributed by atoms with Gasteiger partial charge in [0.25, 0.3) is 0 Å². The molecule has 20 heavy (non-hydrogen) atoms. The van der Waals surface area contributed by atoms with Crippen LogP contribution in [0.25, 0.3) is 0 Å². The monoisotopic (exact) mass is 281 g/mol. The van der Waals surface area contributed by atoms with E-state index in [9.17, 15) is 9.59 Å². The Kier molecular flexibility index (Phi) is 5.45. The van der Waals surface area contributed by atoms with Crippen LogP contribution in [-0.2, 0) is 4.74 Å². The van der Waals surface area contributed by atoms with Crippen LogP contribution in [0.4, 0.5) is 10.5 Å². The second-order valence-electron chi connectivity index (χ2n) is 4.22. The number of nitrogens with one attached hydrogen (secondary N) is 2. The Bertz CT molecular complexity index is 517. The molecule has 0 bridgehead atoms. The zero-order chi connectivity index (χ0) is 15.3. The molecule has 1 rings (SSSR count). The molecule has 0 spiro atoms. The number of rotatable bonds is 5. The number of carboxylic acids is 1. The lowest BCUT2D eigenvalue weighted by atomic mass is 10.1. The van der Waals surface area contributed by atoms with Crippen molar-refractivity contribution in [3.05, 3.63) is 23.0 Å². The van der Waals surface area contributed by atoms with Crippen molar-refractivity contribution in [2.24, 2.45) is 0 Å². The molecule has 0 saturated heterocycles. The van der Waals surface area contributed by atoms with Crippen LogP contribution < -0.4 is 10.6 Å². The van der Waals surface area contributed by atoms with Gasteiger partial charge in [0.2, 0.25) is 0 Å². The molecule has 1 amide bonds. The molecule has 1 atom stereocenters. The summed E-state index contributed by atoms with van der Waals surface area (Å²) < 4.78 is 4.80. The first-order chi connectivity index (χ1) is 9.40. The number of aromatic nitrogens is 1. The molecule has 1 aromatic rings. The van der Waals surface area contributed by atoms with Crippen molar-refractivity contribution in [1.82, 2.24) is 10.3 Å². The molecule has 0 radical (unpaired) electrons. The molecule has 0 saturated carbocycles. The second kappa shape index (κ2) is 6.85. The van der Waals surface area contributed by atoms with E-state index in [1.165, 1.54) is 6.07 Å². The quantitative estimate of drug-likeness (QED) is 0.762. The SMILES string of the molecule is CCOC(=O)Nc1cc(C(=O)O)c(C)nc1C(C)NC. The summed E-state index contributed by atoms with van der Waals surface area (Å²) in [6.45, 7) is 5.39. The number of aromatic carboxylic acids is 1. The Labute approximate surface area is 117 Å². The topological polar surface area (TPSA) is 101 Å². The lowest BCUT2D eigenvalue weighted by Crippen LogP contribution is -2.21. The number of hydrogen-bond acceptors (Lipinski definition) is 5. The molecule has 0 fully saturated rings. The normalized spacial score (nSPS) is 11.8. The Hall–Kier alpha value is -2.15. The van der Waals surface area contributed by atoms with Gasteiger partial charge in [-0.3, -0.25) is 10.3 Å². The smallest absolute Gasteiger partial charge is 0.411 e. The zero-order valence-electron chi connectivity index (χ0n) is 12.0. The number of anilines is 1. The van der Waals surface area contributed by atoms with Crippen molar-refractivity contribution < 1.29 is 19.4 Å². The van der Waals surface area contributed by atoms with E-state index in [2.05, 4.69) is 15.6 Å². The van der Waals surface area contributed by atoms with Gasteiger partial charge in [-0.05, 0) is 33.9 Å². The summed E-state index contributed by atoms with van der Waals surface area (Å²) in [6, 6.07) is 1.25. The van der Waals surface area contributed by atoms with E-state index < -0.39 is 12.1 Å². The summed E-state index contributed by atoms with van der Waals surface area (Å²) in [5, 5.41) is 14.6. The largest absolute Gasteiger partial charge is 0.478 e. The van der Waals surface area contributed by atoms with Gasteiger partial charge < -0.3 is 15.2 Å². The molecular formula is C13H19N3O4. The Morgan fingerprint density at radius 1 is 1.50 bits per heavy atom. The van der Waals surface area contributed by atoms with Crippen LogP contribution in [0.5, 0.6) is 0 Å². The lowest BCUT2D eigenvalue weighted by molar-refractivity contribution is 0.0695. The summed E-state index contributed by atoms with van der Waals surface area (Å²) in [7, 11) is 1.75. The molecule has 7 heteroatoms. The molecule has 0 aliphatic rings. The Morgan fingerprint density at radius 2 is 2.15 bits per heavy atom. The van der Waals surface area contributed by atoms with Gasteiger partial charge in [0.1, 0.15) is 0 Å². The van der Waals surface area contributed by atoms with Gasteiger partial charge in [0, 0.05) is 6.04 Å². The van der Waals surface area contributed by atoms with Gasteiger partial charge in [-0.1, -0.05) is 0 Å². The van der Waals surface area contributed by atoms with E-state index in [1.807, 2.05) is 6.92 Å². The van der Waals surface area contributed by atoms with Gasteiger partial charge in [-0.15, -0.1) is 0 Å². The maximum atomic E-state index is 11.5. The number of carboxylic acid groups (broad SMARTS) is 1. The van der Waals surface area contributed by atoms with E-state index in [1.54, 1.807) is 20.9 Å². The van der Waals surface area contributed by atoms with Crippen LogP contribution in [0.3, 0.4) is 0 Å². The van der Waals surface area contributed by atoms with Gasteiger partial charge in [0.15, 0.2) is 0 Å². The predicted molar refractivity (Wildman–Crippen MR) is 74.1 cm³/mol. The highest BCUT2D eigenvalue weighted by molar-refractivity contribution is 5.92. The first-order valence-corrected chi connectivity index (χ1v) is 6.26. The van der Waals surface area contributed by atoms with Crippen molar-refractivity contribution in [3.63, 3.8) is 0 Å². The van der Waals surface area contributed by atoms with E-state index >= 15 is 0 Å². The number of pyridine rings is 1. The number of hydrogen-bond donors (Lipinski definition) is 3. The third kappa shape index (κ3) is 3.67.